The molecule has 101 heavy (non-hydrogen) atoms. The highest BCUT2D eigenvalue weighted by atomic mass is 16.3. The quantitative estimate of drug-likeness (QED) is 0.0241. The maximum atomic E-state index is 8.91. The first kappa shape index (κ1) is 80.8. The van der Waals surface area contributed by atoms with Crippen molar-refractivity contribution in [2.24, 2.45) is 5.73 Å². The van der Waals surface area contributed by atoms with Gasteiger partial charge in [-0.2, -0.15) is 105 Å². The minimum absolute atomic E-state index is 0.0968. The molecule has 7 aromatic rings. The van der Waals surface area contributed by atoms with Crippen LogP contribution in [0.3, 0.4) is 0 Å². The Kier molecular flexibility index (Phi) is 39.1. The van der Waals surface area contributed by atoms with Crippen molar-refractivity contribution in [1.29, 1.82) is 0 Å². The first-order chi connectivity index (χ1) is 49.0. The van der Waals surface area contributed by atoms with E-state index in [0.717, 1.165) is 200 Å². The van der Waals surface area contributed by atoms with Crippen molar-refractivity contribution in [3.05, 3.63) is 11.6 Å². The normalized spacial score (nSPS) is 10.8. The first-order valence-corrected chi connectivity index (χ1v) is 34.5. The van der Waals surface area contributed by atoms with Gasteiger partial charge in [0.1, 0.15) is 11.6 Å². The van der Waals surface area contributed by atoms with Gasteiger partial charge in [0.15, 0.2) is 0 Å². The molecule has 0 saturated heterocycles. The zero-order chi connectivity index (χ0) is 72.5. The molecule has 7 aromatic heterocycles. The Morgan fingerprint density at radius 3 is 0.634 bits per heavy atom. The minimum atomic E-state index is 0.0968. The molecule has 0 unspecified atom stereocenters. The maximum absolute atomic E-state index is 8.91. The van der Waals surface area contributed by atoms with Crippen LogP contribution in [0.4, 0.5) is 113 Å². The standard InChI is InChI=1S/C21H36N16.C21H40N12O2.C16H31N13/c22-15-29-13(30-16(23)33-15)9-5-2-1-3-6-10-14-31-17(24)35-20(32-14)27-11-7-4-8-12-28-21-36-18(25)34-19(26)37-21;22-16-28-17(23)30-18(29-16)24-10-4-1-5-11-25-19-31-20(26-12-6-2-8-14-34)33-21(32-19)27-13-7-3-9-15-35;17-7-3-1-4-8-22-15-27-13(20)28-16(29-15)23-10-6-2-5-9-21-14-25-11(18)24-12(19)26-14/h1-12H2,(H4,22,23,29,30,33)(H3,24,27,31,32,35)(H5,25,26,28,34,36,37);34-35H,1-15H2,(H5,22,23,24,28,29,30)(H3,25,26,27,31,32,33);1-10,17H2,(H5,18,19,21,24,25,26)(H4,20,22,23,27,28,29). The van der Waals surface area contributed by atoms with E-state index in [2.05, 4.69) is 153 Å². The number of aryl methyl sites for hydroxylation is 2. The second-order valence-electron chi connectivity index (χ2n) is 22.9. The smallest absolute Gasteiger partial charge is 0.229 e. The Balaban J connectivity index is 0.000000275. The zero-order valence-corrected chi connectivity index (χ0v) is 57.8. The molecule has 0 aromatic carbocycles. The van der Waals surface area contributed by atoms with E-state index in [4.69, 9.17) is 73.3 Å². The van der Waals surface area contributed by atoms with E-state index in [1.54, 1.807) is 0 Å². The molecule has 0 radical (unpaired) electrons. The van der Waals surface area contributed by atoms with Crippen molar-refractivity contribution < 1.29 is 10.2 Å². The second kappa shape index (κ2) is 48.8. The summed E-state index contributed by atoms with van der Waals surface area (Å²) in [7, 11) is 0. The van der Waals surface area contributed by atoms with Crippen LogP contribution in [-0.2, 0) is 12.8 Å². The van der Waals surface area contributed by atoms with Crippen LogP contribution in [0.1, 0.15) is 159 Å². The number of unbranched alkanes of at least 4 members (excludes halogenated alkanes) is 16. The Labute approximate surface area is 587 Å². The number of aromatic nitrogens is 21. The molecule has 556 valence electrons. The number of nitrogens with zero attached hydrogens (tertiary/aromatic N) is 21. The number of anilines is 19. The summed E-state index contributed by atoms with van der Waals surface area (Å²) in [5.41, 5.74) is 61.6. The van der Waals surface area contributed by atoms with Gasteiger partial charge in [-0.1, -0.05) is 25.7 Å². The number of aliphatic hydroxyl groups excluding tert-OH is 2. The van der Waals surface area contributed by atoms with Gasteiger partial charge in [-0.3, -0.25) is 0 Å². The molecule has 0 amide bonds. The number of rotatable bonds is 50. The van der Waals surface area contributed by atoms with Crippen molar-refractivity contribution in [1.82, 2.24) is 105 Å². The van der Waals surface area contributed by atoms with E-state index >= 15 is 0 Å². The third-order valence-electron chi connectivity index (χ3n) is 14.2. The molecule has 7 heterocycles. The largest absolute Gasteiger partial charge is 0.396 e. The number of aliphatic hydroxyl groups is 2. The van der Waals surface area contributed by atoms with Crippen LogP contribution in [0, 0.1) is 0 Å². The third-order valence-corrected chi connectivity index (χ3v) is 14.2. The van der Waals surface area contributed by atoms with Gasteiger partial charge in [-0.15, -0.1) is 0 Å². The molecule has 0 aliphatic carbocycles. The topological polar surface area (TPSA) is 706 Å². The molecule has 0 bridgehead atoms. The van der Waals surface area contributed by atoms with E-state index in [1.165, 1.54) is 0 Å². The average Bonchev–Trinajstić information content (AvgIpc) is 0.908. The summed E-state index contributed by atoms with van der Waals surface area (Å²) < 4.78 is 0. The lowest BCUT2D eigenvalue weighted by atomic mass is 10.1. The zero-order valence-electron chi connectivity index (χ0n) is 57.8. The molecule has 33 N–H and O–H groups in total. The molecule has 0 fully saturated rings. The highest BCUT2D eigenvalue weighted by Crippen LogP contribution is 2.16. The van der Waals surface area contributed by atoms with Gasteiger partial charge >= 0.3 is 0 Å². The van der Waals surface area contributed by atoms with E-state index < -0.39 is 0 Å². The van der Waals surface area contributed by atoms with E-state index in [1.807, 2.05) is 0 Å². The van der Waals surface area contributed by atoms with Crippen LogP contribution in [0.25, 0.3) is 0 Å². The highest BCUT2D eigenvalue weighted by Gasteiger charge is 2.11. The average molecular weight is 1410 g/mol. The summed E-state index contributed by atoms with van der Waals surface area (Å²) >= 11 is 0. The summed E-state index contributed by atoms with van der Waals surface area (Å²) in [5.74, 6) is 6.83. The van der Waals surface area contributed by atoms with Gasteiger partial charge in [0, 0.05) is 85.0 Å². The van der Waals surface area contributed by atoms with Crippen LogP contribution in [0.5, 0.6) is 0 Å². The molecule has 0 spiro atoms. The second-order valence-corrected chi connectivity index (χ2v) is 22.9. The van der Waals surface area contributed by atoms with Crippen molar-refractivity contribution in [3.63, 3.8) is 0 Å². The number of nitrogens with one attached hydrogen (secondary N) is 9. The Bertz CT molecular complexity index is 3200. The third kappa shape index (κ3) is 37.6. The molecular weight excluding hydrogens is 1300 g/mol. The van der Waals surface area contributed by atoms with Gasteiger partial charge in [0.2, 0.25) is 113 Å². The molecular formula is C58H107N41O2. The fourth-order valence-electron chi connectivity index (χ4n) is 9.28. The number of hydrogen-bond acceptors (Lipinski definition) is 43. The number of nitrogens with two attached hydrogens (primary N) is 11. The summed E-state index contributed by atoms with van der Waals surface area (Å²) in [4.78, 5) is 85.9. The molecule has 43 nitrogen and oxygen atoms in total. The monoisotopic (exact) mass is 1410 g/mol. The Morgan fingerprint density at radius 2 is 0.366 bits per heavy atom. The summed E-state index contributed by atoms with van der Waals surface area (Å²) in [6, 6.07) is 0. The molecule has 0 saturated carbocycles. The molecule has 43 heteroatoms. The van der Waals surface area contributed by atoms with Crippen LogP contribution in [-0.4, -0.2) is 194 Å². The van der Waals surface area contributed by atoms with Gasteiger partial charge in [-0.25, -0.2) is 0 Å². The van der Waals surface area contributed by atoms with Gasteiger partial charge < -0.3 is 121 Å². The van der Waals surface area contributed by atoms with Gasteiger partial charge in [0.05, 0.1) is 0 Å². The highest BCUT2D eigenvalue weighted by molar-refractivity contribution is 5.44. The van der Waals surface area contributed by atoms with E-state index in [9.17, 15) is 0 Å². The fraction of sp³-hybridized carbons (Fsp3) is 0.638. The molecule has 0 atom stereocenters. The minimum Gasteiger partial charge on any atom is -0.396 e. The van der Waals surface area contributed by atoms with Crippen molar-refractivity contribution in [3.8, 4) is 0 Å². The molecule has 7 rings (SSSR count). The lowest BCUT2D eigenvalue weighted by molar-refractivity contribution is 0.283. The summed E-state index contributed by atoms with van der Waals surface area (Å²) in [6.07, 6.45) is 23.6. The maximum Gasteiger partial charge on any atom is 0.229 e. The molecule has 0 aliphatic heterocycles. The van der Waals surface area contributed by atoms with Gasteiger partial charge in [0.25, 0.3) is 0 Å². The van der Waals surface area contributed by atoms with Crippen LogP contribution < -0.4 is 111 Å². The lowest BCUT2D eigenvalue weighted by Crippen LogP contribution is -2.14. The van der Waals surface area contributed by atoms with E-state index in [0.29, 0.717) is 91.4 Å². The van der Waals surface area contributed by atoms with Crippen molar-refractivity contribution in [2.75, 3.05) is 184 Å². The Morgan fingerprint density at radius 1 is 0.188 bits per heavy atom. The number of nitrogen functional groups attached to an aromatic ring is 10. The van der Waals surface area contributed by atoms with Crippen LogP contribution >= 0.6 is 0 Å². The van der Waals surface area contributed by atoms with Gasteiger partial charge in [-0.05, 0) is 129 Å². The van der Waals surface area contributed by atoms with Crippen molar-refractivity contribution in [2.45, 2.75) is 161 Å². The van der Waals surface area contributed by atoms with E-state index in [-0.39, 0.29) is 72.7 Å². The first-order valence-electron chi connectivity index (χ1n) is 34.5. The van der Waals surface area contributed by atoms with Crippen molar-refractivity contribution >= 4 is 113 Å². The Hall–Kier alpha value is -10.8. The number of hydrogen-bond donors (Lipinski definition) is 22. The predicted octanol–water partition coefficient (Wildman–Crippen LogP) is 1.69. The lowest BCUT2D eigenvalue weighted by Gasteiger charge is -2.11. The predicted molar refractivity (Wildman–Crippen MR) is 396 cm³/mol. The van der Waals surface area contributed by atoms with Crippen LogP contribution in [0.2, 0.25) is 0 Å². The SMILES string of the molecule is NCCCCCNc1nc(N)nc(NCCCCCNc2nc(N)nc(N)n2)n1.Nc1nc(N)nc(CCCCCCCc2nc(N)nc(NCCCCCNc3nc(N)nc(N)n3)n2)n1.Nc1nc(N)nc(NCCCCCNc2nc(NCCCCCO)nc(NCCCCCO)n2)n1. The summed E-state index contributed by atoms with van der Waals surface area (Å²) in [5, 5.41) is 46.4. The van der Waals surface area contributed by atoms with Crippen LogP contribution in [0.15, 0.2) is 0 Å². The molecule has 0 aliphatic rings. The fourth-order valence-corrected chi connectivity index (χ4v) is 9.28. The summed E-state index contributed by atoms with van der Waals surface area (Å²) in [6.45, 7) is 7.64.